The number of thioether (sulfide) groups is 1. The maximum absolute atomic E-state index is 6.02. The highest BCUT2D eigenvalue weighted by Crippen LogP contribution is 2.36. The molecule has 1 aliphatic carbocycles. The Morgan fingerprint density at radius 2 is 1.88 bits per heavy atom. The third-order valence-corrected chi connectivity index (χ3v) is 4.61. The molecule has 0 heterocycles. The molecule has 16 heavy (non-hydrogen) atoms. The molecule has 0 amide bonds. The van der Waals surface area contributed by atoms with Crippen molar-refractivity contribution in [2.45, 2.75) is 48.8 Å². The molecule has 0 bridgehead atoms. The van der Waals surface area contributed by atoms with Gasteiger partial charge in [0.25, 0.3) is 0 Å². The fraction of sp³-hybridized carbons (Fsp3) is 0.538. The number of anilines is 1. The lowest BCUT2D eigenvalue weighted by Crippen LogP contribution is -2.27. The molecule has 1 aromatic carbocycles. The molecule has 2 nitrogen and oxygen atoms in total. The summed E-state index contributed by atoms with van der Waals surface area (Å²) in [5.74, 6) is 0. The summed E-state index contributed by atoms with van der Waals surface area (Å²) in [6, 6.07) is 6.75. The van der Waals surface area contributed by atoms with E-state index in [1.807, 2.05) is 11.8 Å². The number of aryl methyl sites for hydroxylation is 1. The van der Waals surface area contributed by atoms with Gasteiger partial charge < -0.3 is 11.5 Å². The van der Waals surface area contributed by atoms with E-state index in [4.69, 9.17) is 11.5 Å². The zero-order valence-electron chi connectivity index (χ0n) is 9.78. The molecule has 4 N–H and O–H groups in total. The predicted molar refractivity (Wildman–Crippen MR) is 71.7 cm³/mol. The Labute approximate surface area is 102 Å². The highest BCUT2D eigenvalue weighted by atomic mass is 32.2. The lowest BCUT2D eigenvalue weighted by molar-refractivity contribution is 0.451. The van der Waals surface area contributed by atoms with Crippen LogP contribution in [-0.2, 0) is 0 Å². The summed E-state index contributed by atoms with van der Waals surface area (Å²) in [5.41, 5.74) is 14.1. The van der Waals surface area contributed by atoms with Gasteiger partial charge in [-0.3, -0.25) is 0 Å². The highest BCUT2D eigenvalue weighted by Gasteiger charge is 2.19. The summed E-state index contributed by atoms with van der Waals surface area (Å²) in [4.78, 5) is 1.23. The molecule has 0 spiro atoms. The first-order chi connectivity index (χ1) is 7.65. The first kappa shape index (κ1) is 11.8. The number of hydrogen-bond donors (Lipinski definition) is 2. The van der Waals surface area contributed by atoms with Crippen LogP contribution < -0.4 is 11.5 Å². The van der Waals surface area contributed by atoms with Gasteiger partial charge in [-0.2, -0.15) is 0 Å². The van der Waals surface area contributed by atoms with Crippen LogP contribution in [0, 0.1) is 6.92 Å². The van der Waals surface area contributed by atoms with Gasteiger partial charge in [-0.25, -0.2) is 0 Å². The summed E-state index contributed by atoms with van der Waals surface area (Å²) in [5, 5.41) is 0.699. The first-order valence-corrected chi connectivity index (χ1v) is 6.81. The van der Waals surface area contributed by atoms with Crippen molar-refractivity contribution in [1.29, 1.82) is 0 Å². The Morgan fingerprint density at radius 3 is 2.50 bits per heavy atom. The fourth-order valence-corrected chi connectivity index (χ4v) is 3.37. The van der Waals surface area contributed by atoms with Crippen molar-refractivity contribution < 1.29 is 0 Å². The van der Waals surface area contributed by atoms with Gasteiger partial charge in [0.1, 0.15) is 0 Å². The maximum Gasteiger partial charge on any atom is 0.0454 e. The molecule has 0 aromatic heterocycles. The summed E-state index contributed by atoms with van der Waals surface area (Å²) >= 11 is 1.92. The van der Waals surface area contributed by atoms with Crippen molar-refractivity contribution in [2.75, 3.05) is 5.73 Å². The molecular weight excluding hydrogens is 216 g/mol. The van der Waals surface area contributed by atoms with E-state index in [0.29, 0.717) is 11.3 Å². The molecule has 0 atom stereocenters. The lowest BCUT2D eigenvalue weighted by Gasteiger charge is -2.25. The Bertz CT molecular complexity index is 357. The number of hydrogen-bond acceptors (Lipinski definition) is 3. The van der Waals surface area contributed by atoms with Crippen LogP contribution in [0.25, 0.3) is 0 Å². The van der Waals surface area contributed by atoms with E-state index in [2.05, 4.69) is 25.1 Å². The Balaban J connectivity index is 1.98. The van der Waals surface area contributed by atoms with Crippen LogP contribution in [0.5, 0.6) is 0 Å². The van der Waals surface area contributed by atoms with Crippen molar-refractivity contribution in [3.63, 3.8) is 0 Å². The minimum atomic E-state index is 0.423. The maximum atomic E-state index is 6.02. The number of benzene rings is 1. The summed E-state index contributed by atoms with van der Waals surface area (Å²) < 4.78 is 0. The van der Waals surface area contributed by atoms with Crippen molar-refractivity contribution in [1.82, 2.24) is 0 Å². The molecule has 0 aliphatic heterocycles. The monoisotopic (exact) mass is 236 g/mol. The van der Waals surface area contributed by atoms with E-state index < -0.39 is 0 Å². The normalized spacial score (nSPS) is 25.6. The molecule has 0 radical (unpaired) electrons. The van der Waals surface area contributed by atoms with Gasteiger partial charge in [0, 0.05) is 21.9 Å². The Kier molecular flexibility index (Phi) is 3.77. The average Bonchev–Trinajstić information content (AvgIpc) is 2.25. The molecule has 88 valence electrons. The van der Waals surface area contributed by atoms with Gasteiger partial charge in [-0.15, -0.1) is 11.8 Å². The number of nitrogens with two attached hydrogens (primary N) is 2. The van der Waals surface area contributed by atoms with Gasteiger partial charge in [0.05, 0.1) is 0 Å². The van der Waals surface area contributed by atoms with Gasteiger partial charge in [0.15, 0.2) is 0 Å². The van der Waals surface area contributed by atoms with Crippen LogP contribution in [0.3, 0.4) is 0 Å². The van der Waals surface area contributed by atoms with Crippen LogP contribution in [0.2, 0.25) is 0 Å². The second kappa shape index (κ2) is 5.11. The molecule has 3 heteroatoms. The topological polar surface area (TPSA) is 52.0 Å². The predicted octanol–water partition coefficient (Wildman–Crippen LogP) is 2.94. The smallest absolute Gasteiger partial charge is 0.0454 e. The van der Waals surface area contributed by atoms with Gasteiger partial charge in [0.2, 0.25) is 0 Å². The SMILES string of the molecule is Cc1ccc(SC2CCC(N)CC2)c(N)c1. The molecule has 0 saturated heterocycles. The lowest BCUT2D eigenvalue weighted by atomic mass is 9.96. The van der Waals surface area contributed by atoms with E-state index in [1.54, 1.807) is 0 Å². The number of rotatable bonds is 2. The van der Waals surface area contributed by atoms with E-state index in [1.165, 1.54) is 23.3 Å². The minimum Gasteiger partial charge on any atom is -0.398 e. The molecule has 0 unspecified atom stereocenters. The third-order valence-electron chi connectivity index (χ3n) is 3.18. The summed E-state index contributed by atoms with van der Waals surface area (Å²) in [7, 11) is 0. The molecule has 2 rings (SSSR count). The Morgan fingerprint density at radius 1 is 1.19 bits per heavy atom. The van der Waals surface area contributed by atoms with Gasteiger partial charge in [-0.1, -0.05) is 6.07 Å². The first-order valence-electron chi connectivity index (χ1n) is 5.93. The van der Waals surface area contributed by atoms with Crippen LogP contribution >= 0.6 is 11.8 Å². The van der Waals surface area contributed by atoms with Crippen molar-refractivity contribution >= 4 is 17.4 Å². The van der Waals surface area contributed by atoms with Crippen molar-refractivity contribution in [2.24, 2.45) is 5.73 Å². The zero-order chi connectivity index (χ0) is 11.5. The van der Waals surface area contributed by atoms with Gasteiger partial charge >= 0.3 is 0 Å². The minimum absolute atomic E-state index is 0.423. The van der Waals surface area contributed by atoms with Crippen LogP contribution in [0.4, 0.5) is 5.69 Å². The summed E-state index contributed by atoms with van der Waals surface area (Å²) in [6.45, 7) is 2.07. The van der Waals surface area contributed by atoms with Gasteiger partial charge in [-0.05, 0) is 50.3 Å². The average molecular weight is 236 g/mol. The number of nitrogen functional groups attached to an aromatic ring is 1. The molecular formula is C13H20N2S. The Hall–Kier alpha value is -0.670. The molecule has 1 aromatic rings. The van der Waals surface area contributed by atoms with E-state index >= 15 is 0 Å². The second-order valence-corrected chi connectivity index (χ2v) is 6.04. The van der Waals surface area contributed by atoms with Crippen LogP contribution in [0.15, 0.2) is 23.1 Å². The zero-order valence-corrected chi connectivity index (χ0v) is 10.6. The third kappa shape index (κ3) is 2.92. The largest absolute Gasteiger partial charge is 0.398 e. The van der Waals surface area contributed by atoms with E-state index in [0.717, 1.165) is 18.5 Å². The molecule has 1 saturated carbocycles. The van der Waals surface area contributed by atoms with Crippen molar-refractivity contribution in [3.8, 4) is 0 Å². The quantitative estimate of drug-likeness (QED) is 0.776. The summed E-state index contributed by atoms with van der Waals surface area (Å²) in [6.07, 6.45) is 4.76. The molecule has 1 aliphatic rings. The highest BCUT2D eigenvalue weighted by molar-refractivity contribution is 8.00. The van der Waals surface area contributed by atoms with Crippen LogP contribution in [0.1, 0.15) is 31.2 Å². The fourth-order valence-electron chi connectivity index (χ4n) is 2.16. The second-order valence-electron chi connectivity index (χ2n) is 4.70. The van der Waals surface area contributed by atoms with Crippen molar-refractivity contribution in [3.05, 3.63) is 23.8 Å². The molecule has 1 fully saturated rings. The van der Waals surface area contributed by atoms with E-state index in [-0.39, 0.29) is 0 Å². The standard InChI is InChI=1S/C13H20N2S/c1-9-2-7-13(12(15)8-9)16-11-5-3-10(14)4-6-11/h2,7-8,10-11H,3-6,14-15H2,1H3. The van der Waals surface area contributed by atoms with E-state index in [9.17, 15) is 0 Å². The van der Waals surface area contributed by atoms with Crippen LogP contribution in [-0.4, -0.2) is 11.3 Å².